The molecule has 0 aliphatic heterocycles. The molecule has 25 heavy (non-hydrogen) atoms. The van der Waals surface area contributed by atoms with Crippen molar-refractivity contribution >= 4 is 17.5 Å². The van der Waals surface area contributed by atoms with E-state index in [-0.39, 0.29) is 24.2 Å². The number of benzene rings is 2. The van der Waals surface area contributed by atoms with Gasteiger partial charge < -0.3 is 16.4 Å². The topological polar surface area (TPSA) is 84.2 Å². The molecule has 0 heterocycles. The Balaban J connectivity index is 1.91. The van der Waals surface area contributed by atoms with Gasteiger partial charge >= 0.3 is 0 Å². The SMILES string of the molecule is CCCC(N)C(=O)Nc1ccc(C(=O)NCc2ccccc2F)cc1. The molecular weight excluding hydrogens is 321 g/mol. The predicted octanol–water partition coefficient (Wildman–Crippen LogP) is 2.82. The van der Waals surface area contributed by atoms with Crippen LogP contribution in [0.3, 0.4) is 0 Å². The highest BCUT2D eigenvalue weighted by Gasteiger charge is 2.13. The molecule has 0 saturated heterocycles. The average molecular weight is 343 g/mol. The average Bonchev–Trinajstić information content (AvgIpc) is 2.61. The van der Waals surface area contributed by atoms with Crippen molar-refractivity contribution in [2.45, 2.75) is 32.4 Å². The van der Waals surface area contributed by atoms with E-state index in [0.717, 1.165) is 6.42 Å². The van der Waals surface area contributed by atoms with Crippen LogP contribution < -0.4 is 16.4 Å². The summed E-state index contributed by atoms with van der Waals surface area (Å²) in [5.41, 5.74) is 7.17. The first-order valence-corrected chi connectivity index (χ1v) is 8.19. The molecule has 2 amide bonds. The van der Waals surface area contributed by atoms with Gasteiger partial charge in [0.15, 0.2) is 0 Å². The van der Waals surface area contributed by atoms with E-state index in [1.54, 1.807) is 42.5 Å². The molecule has 4 N–H and O–H groups in total. The molecule has 0 aliphatic rings. The van der Waals surface area contributed by atoms with Gasteiger partial charge in [-0.25, -0.2) is 4.39 Å². The van der Waals surface area contributed by atoms with Gasteiger partial charge in [0.1, 0.15) is 5.82 Å². The second kappa shape index (κ2) is 8.94. The first-order valence-electron chi connectivity index (χ1n) is 8.19. The fourth-order valence-electron chi connectivity index (χ4n) is 2.30. The Morgan fingerprint density at radius 3 is 2.44 bits per heavy atom. The second-order valence-electron chi connectivity index (χ2n) is 5.74. The number of carbonyl (C=O) groups is 2. The summed E-state index contributed by atoms with van der Waals surface area (Å²) in [6.07, 6.45) is 1.44. The Morgan fingerprint density at radius 2 is 1.80 bits per heavy atom. The zero-order valence-corrected chi connectivity index (χ0v) is 14.1. The molecule has 5 nitrogen and oxygen atoms in total. The number of hydrogen-bond donors (Lipinski definition) is 3. The van der Waals surface area contributed by atoms with Crippen LogP contribution in [-0.4, -0.2) is 17.9 Å². The van der Waals surface area contributed by atoms with Gasteiger partial charge in [-0.3, -0.25) is 9.59 Å². The molecule has 6 heteroatoms. The van der Waals surface area contributed by atoms with Crippen molar-refractivity contribution in [3.8, 4) is 0 Å². The third kappa shape index (κ3) is 5.39. The first kappa shape index (κ1) is 18.6. The molecule has 0 spiro atoms. The normalized spacial score (nSPS) is 11.6. The molecule has 0 saturated carbocycles. The smallest absolute Gasteiger partial charge is 0.251 e. The van der Waals surface area contributed by atoms with Crippen LogP contribution in [0.4, 0.5) is 10.1 Å². The van der Waals surface area contributed by atoms with E-state index in [1.165, 1.54) is 6.07 Å². The number of halogens is 1. The van der Waals surface area contributed by atoms with Crippen LogP contribution >= 0.6 is 0 Å². The van der Waals surface area contributed by atoms with Gasteiger partial charge in [0, 0.05) is 23.4 Å². The largest absolute Gasteiger partial charge is 0.348 e. The second-order valence-corrected chi connectivity index (χ2v) is 5.74. The minimum atomic E-state index is -0.547. The highest BCUT2D eigenvalue weighted by atomic mass is 19.1. The minimum absolute atomic E-state index is 0.107. The molecule has 0 fully saturated rings. The van der Waals surface area contributed by atoms with Crippen LogP contribution in [0.15, 0.2) is 48.5 Å². The summed E-state index contributed by atoms with van der Waals surface area (Å²) in [5, 5.41) is 5.38. The summed E-state index contributed by atoms with van der Waals surface area (Å²) in [6, 6.07) is 12.2. The summed E-state index contributed by atoms with van der Waals surface area (Å²) in [5.74, 6) is -0.924. The van der Waals surface area contributed by atoms with Crippen LogP contribution in [0, 0.1) is 5.82 Å². The number of rotatable bonds is 7. The van der Waals surface area contributed by atoms with Crippen molar-refractivity contribution in [2.24, 2.45) is 5.73 Å². The monoisotopic (exact) mass is 343 g/mol. The Hall–Kier alpha value is -2.73. The van der Waals surface area contributed by atoms with Gasteiger partial charge in [-0.2, -0.15) is 0 Å². The Bertz CT molecular complexity index is 732. The minimum Gasteiger partial charge on any atom is -0.348 e. The van der Waals surface area contributed by atoms with Crippen molar-refractivity contribution in [2.75, 3.05) is 5.32 Å². The molecule has 132 valence electrons. The maximum Gasteiger partial charge on any atom is 0.251 e. The lowest BCUT2D eigenvalue weighted by Gasteiger charge is -2.11. The fraction of sp³-hybridized carbons (Fsp3) is 0.263. The van der Waals surface area contributed by atoms with Gasteiger partial charge in [0.2, 0.25) is 5.91 Å². The van der Waals surface area contributed by atoms with Crippen LogP contribution in [0.1, 0.15) is 35.7 Å². The van der Waals surface area contributed by atoms with E-state index >= 15 is 0 Å². The van der Waals surface area contributed by atoms with Crippen molar-refractivity contribution in [1.82, 2.24) is 5.32 Å². The zero-order valence-electron chi connectivity index (χ0n) is 14.1. The fourth-order valence-corrected chi connectivity index (χ4v) is 2.30. The number of nitrogens with one attached hydrogen (secondary N) is 2. The van der Waals surface area contributed by atoms with Crippen molar-refractivity contribution in [1.29, 1.82) is 0 Å². The Kier molecular flexibility index (Phi) is 6.65. The van der Waals surface area contributed by atoms with E-state index in [0.29, 0.717) is 23.2 Å². The van der Waals surface area contributed by atoms with Gasteiger partial charge in [0.05, 0.1) is 6.04 Å². The highest BCUT2D eigenvalue weighted by Crippen LogP contribution is 2.11. The van der Waals surface area contributed by atoms with E-state index in [2.05, 4.69) is 10.6 Å². The van der Waals surface area contributed by atoms with E-state index in [4.69, 9.17) is 5.73 Å². The molecule has 2 aromatic carbocycles. The summed E-state index contributed by atoms with van der Waals surface area (Å²) in [7, 11) is 0. The number of anilines is 1. The zero-order chi connectivity index (χ0) is 18.2. The summed E-state index contributed by atoms with van der Waals surface area (Å²) in [4.78, 5) is 24.0. The Morgan fingerprint density at radius 1 is 1.12 bits per heavy atom. The van der Waals surface area contributed by atoms with Gasteiger partial charge in [-0.1, -0.05) is 31.5 Å². The summed E-state index contributed by atoms with van der Waals surface area (Å²) in [6.45, 7) is 2.07. The van der Waals surface area contributed by atoms with Gasteiger partial charge in [0.25, 0.3) is 5.91 Å². The lowest BCUT2D eigenvalue weighted by molar-refractivity contribution is -0.117. The lowest BCUT2D eigenvalue weighted by atomic mass is 10.1. The molecule has 1 unspecified atom stereocenters. The molecule has 2 aromatic rings. The van der Waals surface area contributed by atoms with Crippen LogP contribution in [0.25, 0.3) is 0 Å². The number of hydrogen-bond acceptors (Lipinski definition) is 3. The van der Waals surface area contributed by atoms with Crippen molar-refractivity contribution < 1.29 is 14.0 Å². The van der Waals surface area contributed by atoms with Crippen molar-refractivity contribution in [3.05, 3.63) is 65.5 Å². The molecule has 0 radical (unpaired) electrons. The first-order chi connectivity index (χ1) is 12.0. The molecular formula is C19H22FN3O2. The highest BCUT2D eigenvalue weighted by molar-refractivity contribution is 5.97. The molecule has 1 atom stereocenters. The molecule has 0 aromatic heterocycles. The number of carbonyl (C=O) groups excluding carboxylic acids is 2. The van der Waals surface area contributed by atoms with Crippen LogP contribution in [0.2, 0.25) is 0 Å². The third-order valence-electron chi connectivity index (χ3n) is 3.75. The summed E-state index contributed by atoms with van der Waals surface area (Å²) >= 11 is 0. The maximum atomic E-state index is 13.5. The number of amides is 2. The predicted molar refractivity (Wildman–Crippen MR) is 95.5 cm³/mol. The van der Waals surface area contributed by atoms with E-state index < -0.39 is 6.04 Å². The van der Waals surface area contributed by atoms with Crippen LogP contribution in [-0.2, 0) is 11.3 Å². The molecule has 0 bridgehead atoms. The lowest BCUT2D eigenvalue weighted by Crippen LogP contribution is -2.35. The van der Waals surface area contributed by atoms with Gasteiger partial charge in [-0.15, -0.1) is 0 Å². The van der Waals surface area contributed by atoms with E-state index in [1.807, 2.05) is 6.92 Å². The standard InChI is InChI=1S/C19H22FN3O2/c1-2-5-17(21)19(25)23-15-10-8-13(9-11-15)18(24)22-12-14-6-3-4-7-16(14)20/h3-4,6-11,17H,2,5,12,21H2,1H3,(H,22,24)(H,23,25). The van der Waals surface area contributed by atoms with Gasteiger partial charge in [-0.05, 0) is 36.8 Å². The maximum absolute atomic E-state index is 13.5. The van der Waals surface area contributed by atoms with Crippen LogP contribution in [0.5, 0.6) is 0 Å². The Labute approximate surface area is 146 Å². The summed E-state index contributed by atoms with van der Waals surface area (Å²) < 4.78 is 13.5. The molecule has 0 aliphatic carbocycles. The number of nitrogens with two attached hydrogens (primary N) is 1. The van der Waals surface area contributed by atoms with Crippen molar-refractivity contribution in [3.63, 3.8) is 0 Å². The van der Waals surface area contributed by atoms with E-state index in [9.17, 15) is 14.0 Å². The molecule has 2 rings (SSSR count). The third-order valence-corrected chi connectivity index (χ3v) is 3.75. The quantitative estimate of drug-likeness (QED) is 0.723.